The highest BCUT2D eigenvalue weighted by Gasteiger charge is 2.44. The smallest absolute Gasteiger partial charge is 0.416 e. The molecule has 1 aliphatic heterocycles. The van der Waals surface area contributed by atoms with Crippen LogP contribution in [0.2, 0.25) is 0 Å². The molecule has 1 saturated heterocycles. The second-order valence-electron chi connectivity index (χ2n) is 9.05. The maximum Gasteiger partial charge on any atom is 0.416 e. The maximum absolute atomic E-state index is 14.4. The zero-order chi connectivity index (χ0) is 28.9. The predicted molar refractivity (Wildman–Crippen MR) is 124 cm³/mol. The fourth-order valence-electron chi connectivity index (χ4n) is 4.38. The van der Waals surface area contributed by atoms with E-state index in [1.54, 1.807) is 0 Å². The van der Waals surface area contributed by atoms with Crippen molar-refractivity contribution in [1.29, 1.82) is 0 Å². The Morgan fingerprint density at radius 1 is 1.08 bits per heavy atom. The molecule has 0 bridgehead atoms. The molecule has 0 amide bonds. The monoisotopic (exact) mass is 564 g/mol. The first-order valence-corrected chi connectivity index (χ1v) is 11.4. The number of piperidine rings is 1. The van der Waals surface area contributed by atoms with Gasteiger partial charge in [0.2, 0.25) is 5.95 Å². The molecular formula is C24H20F8N4O3. The Morgan fingerprint density at radius 2 is 1.69 bits per heavy atom. The van der Waals surface area contributed by atoms with E-state index >= 15 is 0 Å². The van der Waals surface area contributed by atoms with Gasteiger partial charge in [0.05, 0.1) is 22.0 Å². The normalized spacial score (nSPS) is 16.8. The number of nitrogens with zero attached hydrogens (tertiary/aromatic N) is 3. The van der Waals surface area contributed by atoms with Gasteiger partial charge in [-0.25, -0.2) is 18.6 Å². The minimum Gasteiger partial charge on any atom is -0.478 e. The zero-order valence-corrected chi connectivity index (χ0v) is 20.0. The van der Waals surface area contributed by atoms with Crippen molar-refractivity contribution in [3.8, 4) is 0 Å². The molecule has 2 heterocycles. The van der Waals surface area contributed by atoms with Gasteiger partial charge in [0.1, 0.15) is 0 Å². The van der Waals surface area contributed by atoms with Crippen LogP contribution in [0.1, 0.15) is 40.4 Å². The quantitative estimate of drug-likeness (QED) is 0.393. The lowest BCUT2D eigenvalue weighted by Crippen LogP contribution is -2.42. The van der Waals surface area contributed by atoms with Crippen LogP contribution in [0.25, 0.3) is 10.9 Å². The molecule has 0 spiro atoms. The number of rotatable bonds is 5. The lowest BCUT2D eigenvalue weighted by Gasteiger charge is -2.33. The lowest BCUT2D eigenvalue weighted by molar-refractivity contribution is -0.145. The molecule has 210 valence electrons. The van der Waals surface area contributed by atoms with Crippen LogP contribution in [0.15, 0.2) is 41.2 Å². The van der Waals surface area contributed by atoms with E-state index in [-0.39, 0.29) is 25.1 Å². The summed E-state index contributed by atoms with van der Waals surface area (Å²) in [6, 6.07) is 2.12. The third kappa shape index (κ3) is 5.61. The lowest BCUT2D eigenvalue weighted by atomic mass is 9.98. The number of halogens is 8. The molecule has 3 aromatic rings. The van der Waals surface area contributed by atoms with Crippen molar-refractivity contribution >= 4 is 28.5 Å². The van der Waals surface area contributed by atoms with Gasteiger partial charge in [-0.05, 0) is 24.3 Å². The molecule has 0 radical (unpaired) electrons. The fourth-order valence-corrected chi connectivity index (χ4v) is 4.38. The topological polar surface area (TPSA) is 87.5 Å². The predicted octanol–water partition coefficient (Wildman–Crippen LogP) is 5.60. The van der Waals surface area contributed by atoms with Gasteiger partial charge in [-0.15, -0.1) is 0 Å². The second kappa shape index (κ2) is 9.68. The molecule has 39 heavy (non-hydrogen) atoms. The first kappa shape index (κ1) is 28.1. The van der Waals surface area contributed by atoms with Crippen molar-refractivity contribution in [1.82, 2.24) is 9.55 Å². The molecule has 1 aromatic heterocycles. The fraction of sp³-hybridized carbons (Fsp3) is 0.375. The molecule has 0 unspecified atom stereocenters. The van der Waals surface area contributed by atoms with Crippen molar-refractivity contribution in [3.05, 3.63) is 63.4 Å². The van der Waals surface area contributed by atoms with Crippen molar-refractivity contribution in [3.63, 3.8) is 0 Å². The standard InChI is InChI=1S/C24H20F8N4O3/c1-35-19(37)15-11-12(23(27,28)29)10-14(17(15)34-21(35)36-8-6-22(25,26)7-9-36)18(24(30,31)32)33-16-5-3-2-4-13(16)20(38)39/h2-5,10-11,18,33H,6-9H2,1H3,(H,38,39)/t18-/m0/s1. The van der Waals surface area contributed by atoms with Crippen LogP contribution in [0, 0.1) is 0 Å². The average Bonchev–Trinajstić information content (AvgIpc) is 2.83. The van der Waals surface area contributed by atoms with Gasteiger partial charge >= 0.3 is 18.3 Å². The number of carbonyl (C=O) groups is 1. The van der Waals surface area contributed by atoms with E-state index in [4.69, 9.17) is 0 Å². The number of carboxylic acid groups (broad SMARTS) is 1. The number of alkyl halides is 8. The van der Waals surface area contributed by atoms with Crippen LogP contribution in [0.4, 0.5) is 46.8 Å². The van der Waals surface area contributed by atoms with Gasteiger partial charge in [0.25, 0.3) is 11.5 Å². The maximum atomic E-state index is 14.4. The number of carboxylic acids is 1. The van der Waals surface area contributed by atoms with Crippen LogP contribution < -0.4 is 15.8 Å². The Morgan fingerprint density at radius 3 is 2.26 bits per heavy atom. The third-order valence-corrected chi connectivity index (χ3v) is 6.39. The Kier molecular flexibility index (Phi) is 6.98. The average molecular weight is 564 g/mol. The van der Waals surface area contributed by atoms with Gasteiger partial charge in [-0.1, -0.05) is 12.1 Å². The molecule has 7 nitrogen and oxygen atoms in total. The highest BCUT2D eigenvalue weighted by Crippen LogP contribution is 2.42. The van der Waals surface area contributed by atoms with Crippen LogP contribution in [-0.4, -0.2) is 45.8 Å². The van der Waals surface area contributed by atoms with Crippen molar-refractivity contribution in [2.24, 2.45) is 7.05 Å². The molecule has 0 aliphatic carbocycles. The number of benzene rings is 2. The third-order valence-electron chi connectivity index (χ3n) is 6.39. The van der Waals surface area contributed by atoms with Crippen molar-refractivity contribution < 1.29 is 45.0 Å². The Balaban J connectivity index is 1.99. The molecule has 0 saturated carbocycles. The largest absolute Gasteiger partial charge is 0.478 e. The number of hydrogen-bond acceptors (Lipinski definition) is 5. The molecule has 2 N–H and O–H groups in total. The van der Waals surface area contributed by atoms with Gasteiger partial charge in [-0.2, -0.15) is 26.3 Å². The SMILES string of the molecule is Cn1c(N2CCC(F)(F)CC2)nc2c([C@H](Nc3ccccc3C(=O)O)C(F)(F)F)cc(C(F)(F)F)cc2c1=O. The van der Waals surface area contributed by atoms with Crippen molar-refractivity contribution in [2.75, 3.05) is 23.3 Å². The van der Waals surface area contributed by atoms with Crippen LogP contribution in [0.3, 0.4) is 0 Å². The van der Waals surface area contributed by atoms with E-state index in [0.717, 1.165) is 23.7 Å². The summed E-state index contributed by atoms with van der Waals surface area (Å²) in [6.07, 6.45) is -11.7. The molecule has 15 heteroatoms. The van der Waals surface area contributed by atoms with Crippen LogP contribution in [-0.2, 0) is 13.2 Å². The second-order valence-corrected chi connectivity index (χ2v) is 9.05. The summed E-state index contributed by atoms with van der Waals surface area (Å²) in [7, 11) is 1.12. The number of aromatic carboxylic acids is 1. The van der Waals surface area contributed by atoms with E-state index in [1.807, 2.05) is 5.32 Å². The molecule has 2 aromatic carbocycles. The summed E-state index contributed by atoms with van der Waals surface area (Å²) in [5.41, 5.74) is -5.62. The number of anilines is 2. The van der Waals surface area contributed by atoms with E-state index < -0.39 is 82.0 Å². The summed E-state index contributed by atoms with van der Waals surface area (Å²) >= 11 is 0. The van der Waals surface area contributed by atoms with Gasteiger partial charge in [-0.3, -0.25) is 9.36 Å². The van der Waals surface area contributed by atoms with Gasteiger partial charge in [0, 0.05) is 44.2 Å². The van der Waals surface area contributed by atoms with Crippen LogP contribution >= 0.6 is 0 Å². The summed E-state index contributed by atoms with van der Waals surface area (Å²) in [6.45, 7) is -0.608. The van der Waals surface area contributed by atoms with E-state index in [2.05, 4.69) is 4.98 Å². The van der Waals surface area contributed by atoms with Gasteiger partial charge < -0.3 is 15.3 Å². The van der Waals surface area contributed by atoms with Gasteiger partial charge in [0.15, 0.2) is 6.04 Å². The molecular weight excluding hydrogens is 544 g/mol. The minimum absolute atomic E-state index is 0.192. The number of aromatic nitrogens is 2. The first-order valence-electron chi connectivity index (χ1n) is 11.4. The summed E-state index contributed by atoms with van der Waals surface area (Å²) in [5.74, 6) is -4.89. The first-order chi connectivity index (χ1) is 18.0. The van der Waals surface area contributed by atoms with Crippen LogP contribution in [0.5, 0.6) is 0 Å². The van der Waals surface area contributed by atoms with E-state index in [0.29, 0.717) is 6.07 Å². The highest BCUT2D eigenvalue weighted by atomic mass is 19.4. The summed E-state index contributed by atoms with van der Waals surface area (Å²) in [5, 5.41) is 10.6. The highest BCUT2D eigenvalue weighted by molar-refractivity contribution is 5.94. The Hall–Kier alpha value is -3.91. The van der Waals surface area contributed by atoms with E-state index in [1.165, 1.54) is 17.0 Å². The molecule has 1 fully saturated rings. The molecule has 1 atom stereocenters. The number of para-hydroxylation sites is 1. The Bertz CT molecular complexity index is 1470. The minimum atomic E-state index is -5.29. The summed E-state index contributed by atoms with van der Waals surface area (Å²) in [4.78, 5) is 30.0. The van der Waals surface area contributed by atoms with E-state index in [9.17, 15) is 49.8 Å². The Labute approximate surface area is 214 Å². The molecule has 4 rings (SSSR count). The zero-order valence-electron chi connectivity index (χ0n) is 20.0. The van der Waals surface area contributed by atoms with Crippen molar-refractivity contribution in [2.45, 2.75) is 37.2 Å². The number of hydrogen-bond donors (Lipinski definition) is 2. The summed E-state index contributed by atoms with van der Waals surface area (Å²) < 4.78 is 113. The number of fused-ring (bicyclic) bond motifs is 1. The number of nitrogens with one attached hydrogen (secondary N) is 1. The molecule has 1 aliphatic rings.